The third-order valence-electron chi connectivity index (χ3n) is 6.47. The molecule has 0 aliphatic heterocycles. The van der Waals surface area contributed by atoms with Gasteiger partial charge in [-0.1, -0.05) is 64.2 Å². The predicted octanol–water partition coefficient (Wildman–Crippen LogP) is 4.71. The summed E-state index contributed by atoms with van der Waals surface area (Å²) in [6, 6.07) is 0. The molecule has 0 aromatic carbocycles. The summed E-state index contributed by atoms with van der Waals surface area (Å²) < 4.78 is 0. The molecule has 0 atom stereocenters. The quantitative estimate of drug-likeness (QED) is 0.406. The lowest BCUT2D eigenvalue weighted by Crippen LogP contribution is -2.58. The molecule has 0 saturated heterocycles. The fourth-order valence-corrected chi connectivity index (χ4v) is 4.02. The van der Waals surface area contributed by atoms with Gasteiger partial charge in [-0.05, 0) is 12.8 Å². The van der Waals surface area contributed by atoms with Gasteiger partial charge in [-0.2, -0.15) is 0 Å². The number of hydrogen-bond donors (Lipinski definition) is 2. The fraction of sp³-hybridized carbons (Fsp3) is 1.00. The molecule has 0 bridgehead atoms. The van der Waals surface area contributed by atoms with Gasteiger partial charge in [0.05, 0.1) is 13.1 Å². The van der Waals surface area contributed by atoms with Crippen molar-refractivity contribution < 1.29 is 9.85 Å². The zero-order valence-corrected chi connectivity index (χ0v) is 19.6. The molecule has 0 spiro atoms. The lowest BCUT2D eigenvalue weighted by atomic mass is 9.85. The Balaban J connectivity index is 2.90. The maximum Gasteiger partial charge on any atom is 0.229 e. The Labute approximate surface area is 182 Å². The minimum absolute atomic E-state index is 0.226. The van der Waals surface area contributed by atoms with Gasteiger partial charge in [-0.15, -0.1) is 0 Å². The van der Waals surface area contributed by atoms with Crippen LogP contribution >= 0.6 is 0 Å². The molecular weight excluding hydrogens is 384 g/mol. The van der Waals surface area contributed by atoms with Gasteiger partial charge >= 0.3 is 0 Å². The Hall–Kier alpha value is -1.28. The molecule has 8 heteroatoms. The molecule has 30 heavy (non-hydrogen) atoms. The van der Waals surface area contributed by atoms with E-state index in [0.717, 1.165) is 25.7 Å². The van der Waals surface area contributed by atoms with Crippen LogP contribution in [0.4, 0.5) is 0 Å². The van der Waals surface area contributed by atoms with Gasteiger partial charge in [-0.25, -0.2) is 0 Å². The monoisotopic (exact) mass is 428 g/mol. The lowest BCUT2D eigenvalue weighted by Gasteiger charge is -2.38. The molecule has 1 aliphatic carbocycles. The minimum Gasteiger partial charge on any atom is -0.308 e. The van der Waals surface area contributed by atoms with E-state index in [0.29, 0.717) is 13.1 Å². The number of nitrogens with one attached hydrogen (secondary N) is 2. The first-order valence-electron chi connectivity index (χ1n) is 11.8. The Morgan fingerprint density at radius 2 is 1.07 bits per heavy atom. The third-order valence-corrected chi connectivity index (χ3v) is 6.47. The second-order valence-electron chi connectivity index (χ2n) is 10.4. The van der Waals surface area contributed by atoms with Crippen LogP contribution in [-0.2, 0) is 0 Å². The highest BCUT2D eigenvalue weighted by Crippen LogP contribution is 2.26. The SMILES string of the molecule is CC(C)(CNCC1(NCC(C)(C)[N+](=O)[O-])CCCCCCCCCCCC1)[N+](=O)[O-]. The van der Waals surface area contributed by atoms with E-state index in [4.69, 9.17) is 0 Å². The summed E-state index contributed by atoms with van der Waals surface area (Å²) in [6.07, 6.45) is 14.0. The van der Waals surface area contributed by atoms with Crippen LogP contribution in [0.1, 0.15) is 105 Å². The third kappa shape index (κ3) is 9.69. The van der Waals surface area contributed by atoms with Gasteiger partial charge in [-0.3, -0.25) is 20.2 Å². The molecule has 8 nitrogen and oxygen atoms in total. The molecule has 0 amide bonds. The van der Waals surface area contributed by atoms with Crippen molar-refractivity contribution in [2.75, 3.05) is 19.6 Å². The summed E-state index contributed by atoms with van der Waals surface area (Å²) in [4.78, 5) is 22.2. The van der Waals surface area contributed by atoms with Gasteiger partial charge in [0, 0.05) is 49.6 Å². The van der Waals surface area contributed by atoms with Crippen molar-refractivity contribution in [3.05, 3.63) is 20.2 Å². The van der Waals surface area contributed by atoms with Crippen LogP contribution in [0.15, 0.2) is 0 Å². The van der Waals surface area contributed by atoms with Crippen molar-refractivity contribution in [3.63, 3.8) is 0 Å². The van der Waals surface area contributed by atoms with E-state index in [9.17, 15) is 20.2 Å². The van der Waals surface area contributed by atoms with Crippen LogP contribution in [0.2, 0.25) is 0 Å². The summed E-state index contributed by atoms with van der Waals surface area (Å²) in [5.74, 6) is 0. The van der Waals surface area contributed by atoms with E-state index in [1.807, 2.05) is 0 Å². The standard InChI is InChI=1S/C22H44N4O4/c1-20(2,25(27)28)17-23-19-22(24-18-21(3,4)26(29)30)15-13-11-9-7-5-6-8-10-12-14-16-22/h23-24H,5-19H2,1-4H3. The largest absolute Gasteiger partial charge is 0.308 e. The van der Waals surface area contributed by atoms with Gasteiger partial charge in [0.1, 0.15) is 0 Å². The van der Waals surface area contributed by atoms with Gasteiger partial charge in [0.15, 0.2) is 0 Å². The average Bonchev–Trinajstić information content (AvgIpc) is 2.68. The molecule has 0 unspecified atom stereocenters. The van der Waals surface area contributed by atoms with Gasteiger partial charge in [0.25, 0.3) is 0 Å². The topological polar surface area (TPSA) is 110 Å². The minimum atomic E-state index is -1.05. The Kier molecular flexibility index (Phi) is 11.2. The van der Waals surface area contributed by atoms with E-state index in [1.165, 1.54) is 51.4 Å². The number of nitro groups is 2. The van der Waals surface area contributed by atoms with E-state index in [2.05, 4.69) is 10.6 Å². The van der Waals surface area contributed by atoms with Crippen molar-refractivity contribution in [1.29, 1.82) is 0 Å². The van der Waals surface area contributed by atoms with Crippen LogP contribution in [0.3, 0.4) is 0 Å². The first-order valence-corrected chi connectivity index (χ1v) is 11.8. The average molecular weight is 429 g/mol. The molecule has 1 aliphatic rings. The number of hydrogen-bond acceptors (Lipinski definition) is 6. The fourth-order valence-electron chi connectivity index (χ4n) is 4.02. The molecular formula is C22H44N4O4. The molecule has 0 heterocycles. The summed E-state index contributed by atoms with van der Waals surface area (Å²) >= 11 is 0. The van der Waals surface area contributed by atoms with E-state index >= 15 is 0 Å². The number of nitrogens with zero attached hydrogens (tertiary/aromatic N) is 2. The summed E-state index contributed by atoms with van der Waals surface area (Å²) in [5.41, 5.74) is -2.35. The molecule has 2 N–H and O–H groups in total. The van der Waals surface area contributed by atoms with Crippen LogP contribution in [0, 0.1) is 20.2 Å². The highest BCUT2D eigenvalue weighted by atomic mass is 16.6. The Morgan fingerprint density at radius 1 is 0.700 bits per heavy atom. The van der Waals surface area contributed by atoms with Crippen molar-refractivity contribution in [1.82, 2.24) is 10.6 Å². The maximum absolute atomic E-state index is 11.4. The van der Waals surface area contributed by atoms with Crippen LogP contribution in [0.5, 0.6) is 0 Å². The van der Waals surface area contributed by atoms with Crippen molar-refractivity contribution in [2.24, 2.45) is 0 Å². The predicted molar refractivity (Wildman–Crippen MR) is 121 cm³/mol. The lowest BCUT2D eigenvalue weighted by molar-refractivity contribution is -0.558. The second-order valence-corrected chi connectivity index (χ2v) is 10.4. The van der Waals surface area contributed by atoms with Crippen molar-refractivity contribution >= 4 is 0 Å². The van der Waals surface area contributed by atoms with Crippen molar-refractivity contribution in [3.8, 4) is 0 Å². The maximum atomic E-state index is 11.4. The highest BCUT2D eigenvalue weighted by Gasteiger charge is 2.37. The summed E-state index contributed by atoms with van der Waals surface area (Å²) in [5, 5.41) is 29.6. The Bertz CT molecular complexity index is 523. The smallest absolute Gasteiger partial charge is 0.229 e. The molecule has 0 radical (unpaired) electrons. The Morgan fingerprint density at radius 3 is 1.47 bits per heavy atom. The zero-order chi connectivity index (χ0) is 22.7. The van der Waals surface area contributed by atoms with Crippen molar-refractivity contribution in [2.45, 2.75) is 121 Å². The van der Waals surface area contributed by atoms with E-state index in [1.54, 1.807) is 27.7 Å². The molecule has 0 aromatic heterocycles. The van der Waals surface area contributed by atoms with Crippen LogP contribution in [-0.4, -0.2) is 46.1 Å². The first-order chi connectivity index (χ1) is 14.0. The molecule has 176 valence electrons. The van der Waals surface area contributed by atoms with Gasteiger partial charge < -0.3 is 10.6 Å². The second kappa shape index (κ2) is 12.5. The molecule has 1 saturated carbocycles. The first kappa shape index (κ1) is 26.8. The summed E-state index contributed by atoms with van der Waals surface area (Å²) in [7, 11) is 0. The van der Waals surface area contributed by atoms with Crippen LogP contribution in [0.25, 0.3) is 0 Å². The molecule has 0 aromatic rings. The number of rotatable bonds is 9. The highest BCUT2D eigenvalue weighted by molar-refractivity contribution is 4.93. The van der Waals surface area contributed by atoms with E-state index in [-0.39, 0.29) is 21.9 Å². The summed E-state index contributed by atoms with van der Waals surface area (Å²) in [6.45, 7) is 7.72. The normalized spacial score (nSPS) is 19.9. The zero-order valence-electron chi connectivity index (χ0n) is 19.6. The molecule has 1 rings (SSSR count). The van der Waals surface area contributed by atoms with Crippen LogP contribution < -0.4 is 10.6 Å². The van der Waals surface area contributed by atoms with Gasteiger partial charge in [0.2, 0.25) is 11.1 Å². The molecule has 1 fully saturated rings. The van der Waals surface area contributed by atoms with E-state index < -0.39 is 11.1 Å².